The monoisotopic (exact) mass is 449 g/mol. The number of hydrogen-bond donors (Lipinski definition) is 1. The van der Waals surface area contributed by atoms with Gasteiger partial charge in [0.05, 0.1) is 22.0 Å². The summed E-state index contributed by atoms with van der Waals surface area (Å²) >= 11 is 5.32. The first-order valence-corrected chi connectivity index (χ1v) is 12.5. The highest BCUT2D eigenvalue weighted by molar-refractivity contribution is 7.24. The molecule has 1 N–H and O–H groups in total. The van der Waals surface area contributed by atoms with E-state index in [1.807, 2.05) is 23.5 Å². The molecule has 7 heteroatoms. The second kappa shape index (κ2) is 7.34. The van der Waals surface area contributed by atoms with Crippen LogP contribution in [0.4, 0.5) is 10.1 Å². The predicted octanol–water partition coefficient (Wildman–Crippen LogP) is 7.27. The van der Waals surface area contributed by atoms with Crippen molar-refractivity contribution in [3.05, 3.63) is 52.9 Å². The normalized spacial score (nSPS) is 13.6. The predicted molar refractivity (Wildman–Crippen MR) is 129 cm³/mol. The molecule has 0 radical (unpaired) electrons. The third-order valence-corrected chi connectivity index (χ3v) is 8.70. The van der Waals surface area contributed by atoms with Crippen LogP contribution in [0.3, 0.4) is 0 Å². The fourth-order valence-corrected chi connectivity index (χ4v) is 7.45. The van der Waals surface area contributed by atoms with Crippen molar-refractivity contribution in [2.75, 3.05) is 12.4 Å². The van der Waals surface area contributed by atoms with Gasteiger partial charge in [0.15, 0.2) is 5.13 Å². The van der Waals surface area contributed by atoms with Crippen LogP contribution in [0.15, 0.2) is 42.5 Å². The molecule has 0 atom stereocenters. The van der Waals surface area contributed by atoms with Crippen LogP contribution in [-0.4, -0.2) is 17.1 Å². The summed E-state index contributed by atoms with van der Waals surface area (Å²) in [6, 6.07) is 14.5. The number of fused-ring (bicyclic) bond motifs is 3. The minimum absolute atomic E-state index is 0.814. The summed E-state index contributed by atoms with van der Waals surface area (Å²) < 4.78 is 7.85. The lowest BCUT2D eigenvalue weighted by atomic mass is 9.96. The van der Waals surface area contributed by atoms with Gasteiger partial charge in [-0.1, -0.05) is 29.5 Å². The Kier molecular flexibility index (Phi) is 4.48. The number of para-hydroxylation sites is 2. The third kappa shape index (κ3) is 3.00. The zero-order valence-corrected chi connectivity index (χ0v) is 18.8. The number of thiophene rings is 1. The van der Waals surface area contributed by atoms with Gasteiger partial charge in [-0.05, 0) is 55.5 Å². The van der Waals surface area contributed by atoms with Crippen LogP contribution in [0.1, 0.15) is 23.3 Å². The van der Waals surface area contributed by atoms with E-state index < -0.39 is 0 Å². The molecule has 0 fully saturated rings. The van der Waals surface area contributed by atoms with E-state index in [0.29, 0.717) is 0 Å². The van der Waals surface area contributed by atoms with Crippen molar-refractivity contribution in [3.8, 4) is 16.3 Å². The van der Waals surface area contributed by atoms with Gasteiger partial charge in [0.1, 0.15) is 21.3 Å². The summed E-state index contributed by atoms with van der Waals surface area (Å²) in [7, 11) is 1.69. The van der Waals surface area contributed by atoms with Gasteiger partial charge in [-0.25, -0.2) is 9.97 Å². The van der Waals surface area contributed by atoms with Gasteiger partial charge in [-0.2, -0.15) is 0 Å². The molecule has 4 nitrogen and oxygen atoms in total. The van der Waals surface area contributed by atoms with Crippen molar-refractivity contribution in [1.29, 1.82) is 0 Å². The molecule has 0 aliphatic heterocycles. The van der Waals surface area contributed by atoms with Crippen LogP contribution in [0.25, 0.3) is 31.0 Å². The molecular formula is C23H19N3OS3. The Bertz CT molecular complexity index is 1350. The molecule has 3 heterocycles. The Morgan fingerprint density at radius 1 is 0.900 bits per heavy atom. The van der Waals surface area contributed by atoms with Gasteiger partial charge in [0.2, 0.25) is 0 Å². The number of ether oxygens (including phenoxy) is 1. The molecule has 0 bridgehead atoms. The van der Waals surface area contributed by atoms with E-state index >= 15 is 0 Å². The summed E-state index contributed by atoms with van der Waals surface area (Å²) in [5.41, 5.74) is 4.74. The first-order chi connectivity index (χ1) is 14.8. The summed E-state index contributed by atoms with van der Waals surface area (Å²) in [5.74, 6) is 0.814. The molecule has 6 rings (SSSR count). The van der Waals surface area contributed by atoms with E-state index in [2.05, 4.69) is 35.6 Å². The molecule has 150 valence electrons. The largest absolute Gasteiger partial charge is 0.494 e. The maximum Gasteiger partial charge on any atom is 0.189 e. The number of methoxy groups -OCH3 is 1. The Labute approximate surface area is 186 Å². The molecule has 2 aromatic carbocycles. The summed E-state index contributed by atoms with van der Waals surface area (Å²) in [6.07, 6.45) is 4.81. The topological polar surface area (TPSA) is 47.0 Å². The molecule has 0 saturated heterocycles. The average molecular weight is 450 g/mol. The van der Waals surface area contributed by atoms with Crippen molar-refractivity contribution in [2.24, 2.45) is 0 Å². The van der Waals surface area contributed by atoms with Gasteiger partial charge in [0, 0.05) is 10.4 Å². The summed E-state index contributed by atoms with van der Waals surface area (Å²) in [4.78, 5) is 11.3. The highest BCUT2D eigenvalue weighted by Gasteiger charge is 2.25. The lowest BCUT2D eigenvalue weighted by Gasteiger charge is -2.11. The van der Waals surface area contributed by atoms with Crippen molar-refractivity contribution in [3.63, 3.8) is 0 Å². The lowest BCUT2D eigenvalue weighted by Crippen LogP contribution is -1.99. The Morgan fingerprint density at radius 2 is 1.77 bits per heavy atom. The third-order valence-electron chi connectivity index (χ3n) is 5.50. The zero-order chi connectivity index (χ0) is 20.1. The van der Waals surface area contributed by atoms with Crippen molar-refractivity contribution < 1.29 is 4.74 Å². The maximum atomic E-state index is 5.49. The highest BCUT2D eigenvalue weighted by atomic mass is 32.1. The molecule has 1 aliphatic rings. The number of rotatable bonds is 4. The number of aromatic nitrogens is 2. The Morgan fingerprint density at radius 3 is 2.67 bits per heavy atom. The first kappa shape index (κ1) is 18.3. The van der Waals surface area contributed by atoms with Gasteiger partial charge in [0.25, 0.3) is 0 Å². The highest BCUT2D eigenvalue weighted by Crippen LogP contribution is 2.47. The molecule has 0 spiro atoms. The minimum Gasteiger partial charge on any atom is -0.494 e. The average Bonchev–Trinajstić information content (AvgIpc) is 3.47. The standard InChI is InChI=1S/C23H19N3OS3/c1-27-15-9-6-12-18-20(15)25-23(30-18)26-22-19(13-7-2-4-10-16(13)28-22)21-24-14-8-3-5-11-17(14)29-21/h3,5-6,8-9,11-12H,2,4,7,10H2,1H3,(H,25,26). The van der Waals surface area contributed by atoms with E-state index in [1.165, 1.54) is 38.5 Å². The molecule has 0 unspecified atom stereocenters. The number of nitrogens with zero attached hydrogens (tertiary/aromatic N) is 2. The second-order valence-electron chi connectivity index (χ2n) is 7.35. The van der Waals surface area contributed by atoms with Crippen LogP contribution in [-0.2, 0) is 12.8 Å². The van der Waals surface area contributed by atoms with Crippen molar-refractivity contribution in [2.45, 2.75) is 25.7 Å². The van der Waals surface area contributed by atoms with Gasteiger partial charge in [-0.15, -0.1) is 22.7 Å². The van der Waals surface area contributed by atoms with E-state index in [4.69, 9.17) is 14.7 Å². The number of benzene rings is 2. The molecule has 0 amide bonds. The van der Waals surface area contributed by atoms with E-state index in [-0.39, 0.29) is 0 Å². The first-order valence-electron chi connectivity index (χ1n) is 10.0. The van der Waals surface area contributed by atoms with Crippen LogP contribution in [0, 0.1) is 0 Å². The fraction of sp³-hybridized carbons (Fsp3) is 0.217. The number of hydrogen-bond acceptors (Lipinski definition) is 7. The quantitative estimate of drug-likeness (QED) is 0.313. The Hall–Kier alpha value is -2.48. The number of thiazole rings is 2. The van der Waals surface area contributed by atoms with Crippen molar-refractivity contribution in [1.82, 2.24) is 9.97 Å². The minimum atomic E-state index is 0.814. The Balaban J connectivity index is 1.48. The lowest BCUT2D eigenvalue weighted by molar-refractivity contribution is 0.419. The number of nitrogens with one attached hydrogen (secondary N) is 1. The SMILES string of the molecule is COc1cccc2sc(Nc3sc4c(c3-c3nc5ccccc5s3)CCCC4)nc12. The van der Waals surface area contributed by atoms with E-state index in [9.17, 15) is 0 Å². The van der Waals surface area contributed by atoms with Crippen LogP contribution >= 0.6 is 34.0 Å². The van der Waals surface area contributed by atoms with Gasteiger partial charge >= 0.3 is 0 Å². The second-order valence-corrected chi connectivity index (χ2v) is 10.5. The molecule has 5 aromatic rings. The molecule has 30 heavy (non-hydrogen) atoms. The molecular weight excluding hydrogens is 430 g/mol. The van der Waals surface area contributed by atoms with E-state index in [1.54, 1.807) is 29.8 Å². The van der Waals surface area contributed by atoms with Crippen molar-refractivity contribution >= 4 is 64.6 Å². The summed E-state index contributed by atoms with van der Waals surface area (Å²) in [6.45, 7) is 0. The molecule has 0 saturated carbocycles. The van der Waals surface area contributed by atoms with Crippen LogP contribution < -0.4 is 10.1 Å². The molecule has 1 aliphatic carbocycles. The van der Waals surface area contributed by atoms with Crippen LogP contribution in [0.2, 0.25) is 0 Å². The van der Waals surface area contributed by atoms with Gasteiger partial charge in [-0.3, -0.25) is 0 Å². The van der Waals surface area contributed by atoms with E-state index in [0.717, 1.165) is 44.5 Å². The zero-order valence-electron chi connectivity index (χ0n) is 16.4. The number of anilines is 2. The summed E-state index contributed by atoms with van der Waals surface area (Å²) in [5, 5.41) is 6.82. The fourth-order valence-electron chi connectivity index (χ4n) is 4.10. The van der Waals surface area contributed by atoms with Crippen LogP contribution in [0.5, 0.6) is 5.75 Å². The molecule has 3 aromatic heterocycles. The smallest absolute Gasteiger partial charge is 0.189 e. The van der Waals surface area contributed by atoms with Gasteiger partial charge < -0.3 is 10.1 Å². The maximum absolute atomic E-state index is 5.49. The number of aryl methyl sites for hydroxylation is 1.